The number of hydrogen-bond acceptors (Lipinski definition) is 3. The van der Waals surface area contributed by atoms with Crippen molar-refractivity contribution in [1.29, 1.82) is 0 Å². The first kappa shape index (κ1) is 12.4. The molecular formula is C15H11BrN4O. The summed E-state index contributed by atoms with van der Waals surface area (Å²) in [5.41, 5.74) is 3.54. The maximum absolute atomic E-state index is 12.2. The number of benzene rings is 2. The fourth-order valence-corrected chi connectivity index (χ4v) is 2.98. The third kappa shape index (κ3) is 1.99. The first-order valence-electron chi connectivity index (χ1n) is 6.51. The van der Waals surface area contributed by atoms with Gasteiger partial charge in [0.05, 0.1) is 17.4 Å². The molecule has 3 N–H and O–H groups in total. The van der Waals surface area contributed by atoms with E-state index in [0.29, 0.717) is 0 Å². The molecule has 3 aromatic rings. The van der Waals surface area contributed by atoms with Gasteiger partial charge in [0.15, 0.2) is 0 Å². The molecule has 0 radical (unpaired) electrons. The Labute approximate surface area is 128 Å². The highest BCUT2D eigenvalue weighted by Crippen LogP contribution is 2.36. The molecule has 2 heterocycles. The van der Waals surface area contributed by atoms with Crippen LogP contribution in [0, 0.1) is 0 Å². The predicted octanol–water partition coefficient (Wildman–Crippen LogP) is 3.43. The number of fused-ring (bicyclic) bond motifs is 2. The average Bonchev–Trinajstić information content (AvgIpc) is 3.04. The van der Waals surface area contributed by atoms with Crippen LogP contribution in [0.5, 0.6) is 0 Å². The number of para-hydroxylation sites is 1. The largest absolute Gasteiger partial charge is 0.368 e. The van der Waals surface area contributed by atoms with Crippen molar-refractivity contribution in [1.82, 2.24) is 10.2 Å². The lowest BCUT2D eigenvalue weighted by molar-refractivity contribution is -0.116. The number of hydrogen-bond donors (Lipinski definition) is 3. The Balaban J connectivity index is 1.75. The van der Waals surface area contributed by atoms with Gasteiger partial charge in [-0.1, -0.05) is 34.1 Å². The summed E-state index contributed by atoms with van der Waals surface area (Å²) in [6, 6.07) is 11.2. The second-order valence-electron chi connectivity index (χ2n) is 4.94. The molecule has 1 atom stereocenters. The van der Waals surface area contributed by atoms with E-state index in [1.807, 2.05) is 36.4 Å². The summed E-state index contributed by atoms with van der Waals surface area (Å²) >= 11 is 3.41. The standard InChI is InChI=1S/C15H11BrN4O/c16-9-4-5-10-12(6-9)19-15(21)14(10)18-11-3-1-2-8-7-17-20-13(8)11/h1-7,14,18H,(H,17,20)(H,19,21). The number of anilines is 2. The number of aromatic amines is 1. The molecule has 6 heteroatoms. The Hall–Kier alpha value is -2.34. The van der Waals surface area contributed by atoms with Gasteiger partial charge in [-0.2, -0.15) is 5.10 Å². The van der Waals surface area contributed by atoms with Gasteiger partial charge in [-0.25, -0.2) is 0 Å². The molecule has 5 nitrogen and oxygen atoms in total. The summed E-state index contributed by atoms with van der Waals surface area (Å²) < 4.78 is 0.942. The molecule has 0 bridgehead atoms. The van der Waals surface area contributed by atoms with Crippen molar-refractivity contribution in [2.24, 2.45) is 0 Å². The third-order valence-electron chi connectivity index (χ3n) is 3.62. The minimum absolute atomic E-state index is 0.0559. The van der Waals surface area contributed by atoms with Crippen molar-refractivity contribution in [2.45, 2.75) is 6.04 Å². The maximum Gasteiger partial charge on any atom is 0.251 e. The second-order valence-corrected chi connectivity index (χ2v) is 5.85. The van der Waals surface area contributed by atoms with Gasteiger partial charge in [0.1, 0.15) is 6.04 Å². The van der Waals surface area contributed by atoms with Crippen molar-refractivity contribution in [3.63, 3.8) is 0 Å². The van der Waals surface area contributed by atoms with E-state index in [1.165, 1.54) is 0 Å². The van der Waals surface area contributed by atoms with E-state index in [2.05, 4.69) is 36.8 Å². The molecule has 0 saturated carbocycles. The monoisotopic (exact) mass is 342 g/mol. The summed E-state index contributed by atoms with van der Waals surface area (Å²) in [4.78, 5) is 12.2. The number of carbonyl (C=O) groups excluding carboxylic acids is 1. The fourth-order valence-electron chi connectivity index (χ4n) is 2.62. The van der Waals surface area contributed by atoms with E-state index in [0.717, 1.165) is 32.3 Å². The van der Waals surface area contributed by atoms with Crippen molar-refractivity contribution in [2.75, 3.05) is 10.6 Å². The number of halogens is 1. The topological polar surface area (TPSA) is 69.8 Å². The van der Waals surface area contributed by atoms with Crippen LogP contribution in [0.15, 0.2) is 47.1 Å². The molecule has 1 aliphatic rings. The van der Waals surface area contributed by atoms with Gasteiger partial charge in [0, 0.05) is 21.1 Å². The lowest BCUT2D eigenvalue weighted by Gasteiger charge is -2.13. The van der Waals surface area contributed by atoms with Gasteiger partial charge in [-0.3, -0.25) is 9.89 Å². The summed E-state index contributed by atoms with van der Waals surface area (Å²) in [5.74, 6) is -0.0559. The van der Waals surface area contributed by atoms with E-state index < -0.39 is 6.04 Å². The molecule has 1 amide bonds. The van der Waals surface area contributed by atoms with Crippen molar-refractivity contribution in [3.8, 4) is 0 Å². The van der Waals surface area contributed by atoms with Crippen LogP contribution in [0.3, 0.4) is 0 Å². The van der Waals surface area contributed by atoms with Gasteiger partial charge in [-0.05, 0) is 18.2 Å². The van der Waals surface area contributed by atoms with Crippen LogP contribution in [0.2, 0.25) is 0 Å². The zero-order valence-corrected chi connectivity index (χ0v) is 12.4. The fraction of sp³-hybridized carbons (Fsp3) is 0.0667. The number of rotatable bonds is 2. The highest BCUT2D eigenvalue weighted by atomic mass is 79.9. The number of amides is 1. The molecule has 21 heavy (non-hydrogen) atoms. The minimum Gasteiger partial charge on any atom is -0.368 e. The Morgan fingerprint density at radius 1 is 1.24 bits per heavy atom. The molecule has 1 aliphatic heterocycles. The van der Waals surface area contributed by atoms with Gasteiger partial charge in [0.25, 0.3) is 5.91 Å². The summed E-state index contributed by atoms with van der Waals surface area (Å²) in [6.45, 7) is 0. The Morgan fingerprint density at radius 3 is 3.05 bits per heavy atom. The number of nitrogens with zero attached hydrogens (tertiary/aromatic N) is 1. The lowest BCUT2D eigenvalue weighted by atomic mass is 10.1. The van der Waals surface area contributed by atoms with Gasteiger partial charge >= 0.3 is 0 Å². The van der Waals surface area contributed by atoms with Crippen LogP contribution in [0.25, 0.3) is 10.9 Å². The van der Waals surface area contributed by atoms with Gasteiger partial charge in [-0.15, -0.1) is 0 Å². The van der Waals surface area contributed by atoms with E-state index in [9.17, 15) is 4.79 Å². The molecule has 1 aromatic heterocycles. The normalized spacial score (nSPS) is 16.8. The first-order chi connectivity index (χ1) is 10.2. The van der Waals surface area contributed by atoms with Crippen LogP contribution in [-0.2, 0) is 4.79 Å². The van der Waals surface area contributed by atoms with Crippen LogP contribution >= 0.6 is 15.9 Å². The zero-order valence-electron chi connectivity index (χ0n) is 10.9. The van der Waals surface area contributed by atoms with Crippen LogP contribution in [0.4, 0.5) is 11.4 Å². The van der Waals surface area contributed by atoms with Crippen LogP contribution in [-0.4, -0.2) is 16.1 Å². The molecule has 2 aromatic carbocycles. The SMILES string of the molecule is O=C1Nc2cc(Br)ccc2C1Nc1cccc2cn[nH]c12. The second kappa shape index (κ2) is 4.60. The summed E-state index contributed by atoms with van der Waals surface area (Å²) in [6.07, 6.45) is 1.76. The van der Waals surface area contributed by atoms with Gasteiger partial charge in [0.2, 0.25) is 0 Å². The molecule has 104 valence electrons. The van der Waals surface area contributed by atoms with E-state index in [-0.39, 0.29) is 5.91 Å². The van der Waals surface area contributed by atoms with E-state index in [4.69, 9.17) is 0 Å². The molecular weight excluding hydrogens is 332 g/mol. The molecule has 0 fully saturated rings. The summed E-state index contributed by atoms with van der Waals surface area (Å²) in [7, 11) is 0. The van der Waals surface area contributed by atoms with Gasteiger partial charge < -0.3 is 10.6 Å². The number of carbonyl (C=O) groups is 1. The molecule has 0 spiro atoms. The number of nitrogens with one attached hydrogen (secondary N) is 3. The van der Waals surface area contributed by atoms with E-state index in [1.54, 1.807) is 6.20 Å². The first-order valence-corrected chi connectivity index (χ1v) is 7.30. The van der Waals surface area contributed by atoms with E-state index >= 15 is 0 Å². The zero-order chi connectivity index (χ0) is 14.4. The molecule has 0 saturated heterocycles. The van der Waals surface area contributed by atoms with Crippen molar-refractivity contribution in [3.05, 3.63) is 52.6 Å². The number of H-pyrrole nitrogens is 1. The smallest absolute Gasteiger partial charge is 0.251 e. The third-order valence-corrected chi connectivity index (χ3v) is 4.12. The van der Waals surface area contributed by atoms with Crippen molar-refractivity contribution >= 4 is 44.1 Å². The molecule has 0 aliphatic carbocycles. The highest BCUT2D eigenvalue weighted by molar-refractivity contribution is 9.10. The quantitative estimate of drug-likeness (QED) is 0.668. The van der Waals surface area contributed by atoms with Crippen LogP contribution in [0.1, 0.15) is 11.6 Å². The average molecular weight is 343 g/mol. The Morgan fingerprint density at radius 2 is 2.14 bits per heavy atom. The maximum atomic E-state index is 12.2. The highest BCUT2D eigenvalue weighted by Gasteiger charge is 2.30. The summed E-state index contributed by atoms with van der Waals surface area (Å²) in [5, 5.41) is 14.2. The van der Waals surface area contributed by atoms with Crippen LogP contribution < -0.4 is 10.6 Å². The lowest BCUT2D eigenvalue weighted by Crippen LogP contribution is -2.19. The minimum atomic E-state index is -0.401. The molecule has 1 unspecified atom stereocenters. The Kier molecular flexibility index (Phi) is 2.71. The van der Waals surface area contributed by atoms with Crippen molar-refractivity contribution < 1.29 is 4.79 Å². The predicted molar refractivity (Wildman–Crippen MR) is 85.2 cm³/mol. The molecule has 4 rings (SSSR count). The Bertz CT molecular complexity index is 858. The number of aromatic nitrogens is 2.